The fraction of sp³-hybridized carbons (Fsp3) is 0.250. The molecule has 0 heterocycles. The second-order valence-corrected chi connectivity index (χ2v) is 3.94. The third-order valence-electron chi connectivity index (χ3n) is 1.43. The second-order valence-electron chi connectivity index (χ2n) is 2.24. The molecule has 0 saturated heterocycles. The Morgan fingerprint density at radius 2 is 2.09 bits per heavy atom. The number of rotatable bonds is 1. The molecule has 0 radical (unpaired) electrons. The molecule has 0 saturated carbocycles. The lowest BCUT2D eigenvalue weighted by Gasteiger charge is -2.02. The van der Waals surface area contributed by atoms with Gasteiger partial charge in [0.1, 0.15) is 5.82 Å². The van der Waals surface area contributed by atoms with Gasteiger partial charge < -0.3 is 0 Å². The molecule has 0 aliphatic heterocycles. The minimum absolute atomic E-state index is 0.141. The van der Waals surface area contributed by atoms with E-state index in [1.807, 2.05) is 13.2 Å². The number of thioether (sulfide) groups is 1. The van der Waals surface area contributed by atoms with Crippen molar-refractivity contribution in [2.75, 3.05) is 6.26 Å². The van der Waals surface area contributed by atoms with Crippen molar-refractivity contribution in [1.82, 2.24) is 0 Å². The average Bonchev–Trinajstić information content (AvgIpc) is 1.97. The first-order valence-electron chi connectivity index (χ1n) is 3.15. The summed E-state index contributed by atoms with van der Waals surface area (Å²) < 4.78 is 14.0. The first-order chi connectivity index (χ1) is 5.15. The van der Waals surface area contributed by atoms with Crippen LogP contribution in [0.2, 0.25) is 0 Å². The molecule has 0 nitrogen and oxygen atoms in total. The molecule has 0 spiro atoms. The van der Waals surface area contributed by atoms with Crippen molar-refractivity contribution in [2.45, 2.75) is 11.8 Å². The zero-order chi connectivity index (χ0) is 8.43. The highest BCUT2D eigenvalue weighted by atomic mass is 79.9. The van der Waals surface area contributed by atoms with E-state index in [1.54, 1.807) is 6.07 Å². The van der Waals surface area contributed by atoms with E-state index in [-0.39, 0.29) is 5.82 Å². The van der Waals surface area contributed by atoms with E-state index in [9.17, 15) is 4.39 Å². The van der Waals surface area contributed by atoms with Gasteiger partial charge in [-0.3, -0.25) is 0 Å². The summed E-state index contributed by atoms with van der Waals surface area (Å²) in [5.74, 6) is -0.141. The van der Waals surface area contributed by atoms with Crippen LogP contribution in [-0.4, -0.2) is 6.26 Å². The normalized spacial score (nSPS) is 10.2. The Morgan fingerprint density at radius 1 is 1.45 bits per heavy atom. The van der Waals surface area contributed by atoms with Crippen molar-refractivity contribution < 1.29 is 4.39 Å². The van der Waals surface area contributed by atoms with Crippen LogP contribution in [-0.2, 0) is 0 Å². The van der Waals surface area contributed by atoms with Crippen molar-refractivity contribution >= 4 is 27.7 Å². The van der Waals surface area contributed by atoms with Gasteiger partial charge in [-0.05, 0) is 30.9 Å². The predicted octanol–water partition coefficient (Wildman–Crippen LogP) is 3.62. The molecule has 0 atom stereocenters. The summed E-state index contributed by atoms with van der Waals surface area (Å²) in [6.45, 7) is 1.87. The summed E-state index contributed by atoms with van der Waals surface area (Å²) in [4.78, 5) is 0.683. The minimum atomic E-state index is -0.141. The van der Waals surface area contributed by atoms with Gasteiger partial charge in [-0.2, -0.15) is 0 Å². The van der Waals surface area contributed by atoms with Crippen LogP contribution in [0.3, 0.4) is 0 Å². The maximum absolute atomic E-state index is 13.0. The Balaban J connectivity index is 3.21. The quantitative estimate of drug-likeness (QED) is 0.670. The van der Waals surface area contributed by atoms with Crippen molar-refractivity contribution in [3.05, 3.63) is 28.0 Å². The first kappa shape index (κ1) is 9.07. The fourth-order valence-electron chi connectivity index (χ4n) is 0.784. The molecule has 3 heteroatoms. The van der Waals surface area contributed by atoms with E-state index >= 15 is 0 Å². The highest BCUT2D eigenvalue weighted by Gasteiger charge is 2.03. The van der Waals surface area contributed by atoms with Crippen molar-refractivity contribution in [2.24, 2.45) is 0 Å². The largest absolute Gasteiger partial charge is 0.206 e. The molecule has 0 aliphatic carbocycles. The van der Waals surface area contributed by atoms with Crippen LogP contribution < -0.4 is 0 Å². The van der Waals surface area contributed by atoms with Gasteiger partial charge in [-0.25, -0.2) is 4.39 Å². The van der Waals surface area contributed by atoms with Crippen LogP contribution in [0.15, 0.2) is 21.5 Å². The predicted molar refractivity (Wildman–Crippen MR) is 50.6 cm³/mol. The molecule has 0 N–H and O–H groups in total. The molecule has 60 valence electrons. The number of benzene rings is 1. The highest BCUT2D eigenvalue weighted by molar-refractivity contribution is 9.10. The Hall–Kier alpha value is -0.0200. The zero-order valence-electron chi connectivity index (χ0n) is 6.32. The van der Waals surface area contributed by atoms with E-state index in [1.165, 1.54) is 17.8 Å². The molecule has 11 heavy (non-hydrogen) atoms. The average molecular weight is 235 g/mol. The van der Waals surface area contributed by atoms with E-state index in [2.05, 4.69) is 15.9 Å². The molecule has 1 aromatic carbocycles. The van der Waals surface area contributed by atoms with Crippen LogP contribution >= 0.6 is 27.7 Å². The lowest BCUT2D eigenvalue weighted by molar-refractivity contribution is 0.600. The van der Waals surface area contributed by atoms with Crippen LogP contribution in [0.25, 0.3) is 0 Å². The van der Waals surface area contributed by atoms with Gasteiger partial charge >= 0.3 is 0 Å². The summed E-state index contributed by atoms with van der Waals surface area (Å²) in [7, 11) is 0. The summed E-state index contributed by atoms with van der Waals surface area (Å²) in [5.41, 5.74) is 0.931. The number of aryl methyl sites for hydroxylation is 1. The molecule has 0 aromatic heterocycles. The second kappa shape index (κ2) is 3.59. The SMILES string of the molecule is CSc1cc(Br)c(C)cc1F. The Kier molecular flexibility index (Phi) is 2.96. The number of hydrogen-bond donors (Lipinski definition) is 0. The van der Waals surface area contributed by atoms with Gasteiger partial charge in [0.2, 0.25) is 0 Å². The smallest absolute Gasteiger partial charge is 0.137 e. The lowest BCUT2D eigenvalue weighted by Crippen LogP contribution is -1.83. The molecule has 0 bridgehead atoms. The summed E-state index contributed by atoms with van der Waals surface area (Å²) >= 11 is 4.75. The van der Waals surface area contributed by atoms with Gasteiger partial charge in [0, 0.05) is 9.37 Å². The zero-order valence-corrected chi connectivity index (χ0v) is 8.72. The maximum Gasteiger partial charge on any atom is 0.137 e. The van der Waals surface area contributed by atoms with E-state index < -0.39 is 0 Å². The maximum atomic E-state index is 13.0. The summed E-state index contributed by atoms with van der Waals surface area (Å²) in [6.07, 6.45) is 1.86. The van der Waals surface area contributed by atoms with Crippen molar-refractivity contribution in [3.8, 4) is 0 Å². The van der Waals surface area contributed by atoms with Crippen LogP contribution in [0, 0.1) is 12.7 Å². The summed E-state index contributed by atoms with van der Waals surface area (Å²) in [5, 5.41) is 0. The van der Waals surface area contributed by atoms with E-state index in [0.717, 1.165) is 10.0 Å². The van der Waals surface area contributed by atoms with Gasteiger partial charge in [0.15, 0.2) is 0 Å². The van der Waals surface area contributed by atoms with E-state index in [4.69, 9.17) is 0 Å². The molecular formula is C8H8BrFS. The van der Waals surface area contributed by atoms with Crippen LogP contribution in [0.4, 0.5) is 4.39 Å². The molecule has 0 amide bonds. The topological polar surface area (TPSA) is 0 Å². The third-order valence-corrected chi connectivity index (χ3v) is 3.04. The van der Waals surface area contributed by atoms with Gasteiger partial charge in [0.05, 0.1) is 0 Å². The Bertz CT molecular complexity index is 273. The van der Waals surface area contributed by atoms with Crippen molar-refractivity contribution in [3.63, 3.8) is 0 Å². The molecule has 1 rings (SSSR count). The van der Waals surface area contributed by atoms with E-state index in [0.29, 0.717) is 4.90 Å². The Morgan fingerprint density at radius 3 is 2.64 bits per heavy atom. The molecule has 0 fully saturated rings. The molecular weight excluding hydrogens is 227 g/mol. The van der Waals surface area contributed by atoms with Crippen LogP contribution in [0.1, 0.15) is 5.56 Å². The van der Waals surface area contributed by atoms with Crippen LogP contribution in [0.5, 0.6) is 0 Å². The first-order valence-corrected chi connectivity index (χ1v) is 5.16. The fourth-order valence-corrected chi connectivity index (χ4v) is 1.77. The van der Waals surface area contributed by atoms with Gasteiger partial charge in [-0.1, -0.05) is 15.9 Å². The molecule has 0 aliphatic rings. The molecule has 1 aromatic rings. The third kappa shape index (κ3) is 1.97. The van der Waals surface area contributed by atoms with Gasteiger partial charge in [0.25, 0.3) is 0 Å². The lowest BCUT2D eigenvalue weighted by atomic mass is 10.2. The van der Waals surface area contributed by atoms with Gasteiger partial charge in [-0.15, -0.1) is 11.8 Å². The monoisotopic (exact) mass is 234 g/mol. The summed E-state index contributed by atoms with van der Waals surface area (Å²) in [6, 6.07) is 3.34. The molecule has 0 unspecified atom stereocenters. The Labute approximate surface area is 78.3 Å². The standard InChI is InChI=1S/C8H8BrFS/c1-5-3-7(10)8(11-2)4-6(5)9/h3-4H,1-2H3. The number of hydrogen-bond acceptors (Lipinski definition) is 1. The highest BCUT2D eigenvalue weighted by Crippen LogP contribution is 2.26. The number of halogens is 2. The van der Waals surface area contributed by atoms with Crippen molar-refractivity contribution in [1.29, 1.82) is 0 Å². The minimum Gasteiger partial charge on any atom is -0.206 e.